The van der Waals surface area contributed by atoms with Crippen LogP contribution in [0.2, 0.25) is 0 Å². The lowest BCUT2D eigenvalue weighted by Gasteiger charge is -2.19. The highest BCUT2D eigenvalue weighted by Crippen LogP contribution is 2.07. The molecule has 0 amide bonds. The smallest absolute Gasteiger partial charge is 0.342 e. The molecule has 0 unspecified atom stereocenters. The summed E-state index contributed by atoms with van der Waals surface area (Å²) >= 11 is 0. The first kappa shape index (κ1) is 12.9. The molecule has 0 aliphatic rings. The minimum atomic E-state index is -0.709. The highest BCUT2D eigenvalue weighted by molar-refractivity contribution is 5.78. The van der Waals surface area contributed by atoms with Crippen LogP contribution in [0.1, 0.15) is 13.8 Å². The van der Waals surface area contributed by atoms with E-state index in [1.165, 1.54) is 7.11 Å². The molecule has 1 heterocycles. The lowest BCUT2D eigenvalue weighted by Crippen LogP contribution is -2.39. The van der Waals surface area contributed by atoms with Crippen molar-refractivity contribution in [1.29, 1.82) is 0 Å². The molecule has 0 bridgehead atoms. The summed E-state index contributed by atoms with van der Waals surface area (Å²) in [6.07, 6.45) is 0. The molecule has 1 aromatic rings. The first-order valence-corrected chi connectivity index (χ1v) is 4.99. The topological polar surface area (TPSA) is 117 Å². The summed E-state index contributed by atoms with van der Waals surface area (Å²) in [5.41, 5.74) is -1.40. The Bertz CT molecular complexity index is 504. The van der Waals surface area contributed by atoms with Gasteiger partial charge in [0.1, 0.15) is 6.04 Å². The first-order chi connectivity index (χ1) is 7.95. The van der Waals surface area contributed by atoms with Crippen LogP contribution in [0.25, 0.3) is 0 Å². The zero-order valence-electron chi connectivity index (χ0n) is 9.73. The van der Waals surface area contributed by atoms with Gasteiger partial charge in [-0.05, 0) is 5.92 Å². The van der Waals surface area contributed by atoms with Crippen molar-refractivity contribution in [3.05, 3.63) is 20.8 Å². The molecule has 8 nitrogen and oxygen atoms in total. The second-order valence-electron chi connectivity index (χ2n) is 3.74. The van der Waals surface area contributed by atoms with Gasteiger partial charge in [0.2, 0.25) is 5.82 Å². The summed E-state index contributed by atoms with van der Waals surface area (Å²) in [4.78, 5) is 35.6. The molecule has 3 N–H and O–H groups in total. The van der Waals surface area contributed by atoms with E-state index in [2.05, 4.69) is 20.3 Å². The van der Waals surface area contributed by atoms with Crippen molar-refractivity contribution >= 4 is 11.8 Å². The molecular weight excluding hydrogens is 228 g/mol. The predicted octanol–water partition coefficient (Wildman–Crippen LogP) is -0.932. The molecule has 0 radical (unpaired) electrons. The van der Waals surface area contributed by atoms with Crippen molar-refractivity contribution < 1.29 is 9.53 Å². The van der Waals surface area contributed by atoms with Gasteiger partial charge < -0.3 is 10.1 Å². The monoisotopic (exact) mass is 242 g/mol. The van der Waals surface area contributed by atoms with Crippen LogP contribution in [0.4, 0.5) is 5.82 Å². The van der Waals surface area contributed by atoms with Gasteiger partial charge in [0.25, 0.3) is 5.56 Å². The largest absolute Gasteiger partial charge is 0.467 e. The van der Waals surface area contributed by atoms with Crippen LogP contribution in [-0.4, -0.2) is 34.3 Å². The average molecular weight is 242 g/mol. The third kappa shape index (κ3) is 3.16. The maximum atomic E-state index is 11.4. The van der Waals surface area contributed by atoms with E-state index < -0.39 is 23.3 Å². The van der Waals surface area contributed by atoms with Crippen LogP contribution < -0.4 is 16.6 Å². The van der Waals surface area contributed by atoms with E-state index >= 15 is 0 Å². The number of hydrogen-bond acceptors (Lipinski definition) is 6. The molecule has 0 aliphatic carbocycles. The van der Waals surface area contributed by atoms with Crippen LogP contribution in [0, 0.1) is 5.92 Å². The summed E-state index contributed by atoms with van der Waals surface area (Å²) in [7, 11) is 1.25. The average Bonchev–Trinajstić information content (AvgIpc) is 2.26. The Morgan fingerprint density at radius 3 is 2.53 bits per heavy atom. The summed E-state index contributed by atoms with van der Waals surface area (Å²) in [6, 6.07) is -0.709. The number of esters is 1. The number of carbonyl (C=O) groups is 1. The maximum absolute atomic E-state index is 11.4. The molecule has 0 saturated heterocycles. The lowest BCUT2D eigenvalue weighted by molar-refractivity contribution is -0.142. The number of methoxy groups -OCH3 is 1. The van der Waals surface area contributed by atoms with E-state index in [-0.39, 0.29) is 11.7 Å². The first-order valence-electron chi connectivity index (χ1n) is 4.99. The van der Waals surface area contributed by atoms with E-state index in [1.807, 2.05) is 4.98 Å². The van der Waals surface area contributed by atoms with Gasteiger partial charge in [0.05, 0.1) is 7.11 Å². The van der Waals surface area contributed by atoms with Crippen LogP contribution in [-0.2, 0) is 9.53 Å². The number of nitrogens with zero attached hydrogens (tertiary/aromatic N) is 1. The Kier molecular flexibility index (Phi) is 4.02. The van der Waals surface area contributed by atoms with Gasteiger partial charge in [-0.25, -0.2) is 14.7 Å². The van der Waals surface area contributed by atoms with Crippen LogP contribution >= 0.6 is 0 Å². The molecule has 94 valence electrons. The number of hydrogen-bond donors (Lipinski definition) is 3. The number of ether oxygens (including phenoxy) is 1. The summed E-state index contributed by atoms with van der Waals surface area (Å²) in [5, 5.41) is 8.21. The molecule has 1 aromatic heterocycles. The van der Waals surface area contributed by atoms with Crippen molar-refractivity contribution in [3.8, 4) is 0 Å². The van der Waals surface area contributed by atoms with E-state index in [1.54, 1.807) is 13.8 Å². The second kappa shape index (κ2) is 5.28. The number of aromatic nitrogens is 3. The fourth-order valence-electron chi connectivity index (χ4n) is 1.22. The van der Waals surface area contributed by atoms with Gasteiger partial charge in [-0.1, -0.05) is 13.8 Å². The van der Waals surface area contributed by atoms with E-state index in [0.717, 1.165) is 0 Å². The molecule has 0 aromatic carbocycles. The van der Waals surface area contributed by atoms with Crippen molar-refractivity contribution in [2.45, 2.75) is 19.9 Å². The van der Waals surface area contributed by atoms with E-state index in [9.17, 15) is 14.4 Å². The highest BCUT2D eigenvalue weighted by Gasteiger charge is 2.24. The Morgan fingerprint density at radius 1 is 1.41 bits per heavy atom. The van der Waals surface area contributed by atoms with E-state index in [4.69, 9.17) is 0 Å². The molecular formula is C9H14N4O4. The fraction of sp³-hybridized carbons (Fsp3) is 0.556. The quantitative estimate of drug-likeness (QED) is 0.587. The predicted molar refractivity (Wildman–Crippen MR) is 59.7 cm³/mol. The van der Waals surface area contributed by atoms with Crippen LogP contribution in [0.3, 0.4) is 0 Å². The standard InChI is InChI=1S/C9H14N4O4/c1-4(2)5(8(15)17-3)10-6-7(14)11-9(16)13-12-6/h4-5H,1-3H3,(H,10,12)(H2,11,13,14,16)/t5-/m1/s1. The normalized spacial score (nSPS) is 12.2. The molecule has 0 saturated carbocycles. The fourth-order valence-corrected chi connectivity index (χ4v) is 1.22. The third-order valence-electron chi connectivity index (χ3n) is 2.13. The number of anilines is 1. The molecule has 1 rings (SSSR count). The number of aromatic amines is 2. The highest BCUT2D eigenvalue weighted by atomic mass is 16.5. The van der Waals surface area contributed by atoms with Crippen molar-refractivity contribution in [3.63, 3.8) is 0 Å². The molecule has 0 spiro atoms. The zero-order chi connectivity index (χ0) is 13.0. The maximum Gasteiger partial charge on any atom is 0.342 e. The second-order valence-corrected chi connectivity index (χ2v) is 3.74. The Hall–Kier alpha value is -2.12. The lowest BCUT2D eigenvalue weighted by atomic mass is 10.1. The van der Waals surface area contributed by atoms with Crippen molar-refractivity contribution in [2.24, 2.45) is 5.92 Å². The molecule has 8 heteroatoms. The van der Waals surface area contributed by atoms with Gasteiger partial charge in [0, 0.05) is 0 Å². The van der Waals surface area contributed by atoms with Crippen LogP contribution in [0.5, 0.6) is 0 Å². The zero-order valence-corrected chi connectivity index (χ0v) is 9.73. The minimum absolute atomic E-state index is 0.101. The van der Waals surface area contributed by atoms with Gasteiger partial charge >= 0.3 is 11.7 Å². The molecule has 17 heavy (non-hydrogen) atoms. The number of rotatable bonds is 4. The Morgan fingerprint density at radius 2 is 2.06 bits per heavy atom. The SMILES string of the molecule is COC(=O)[C@H](Nc1n[nH]c(=O)[nH]c1=O)C(C)C. The summed E-state index contributed by atoms with van der Waals surface area (Å²) in [5.74, 6) is -0.739. The van der Waals surface area contributed by atoms with Gasteiger partial charge in [-0.15, -0.1) is 5.10 Å². The molecule has 1 atom stereocenters. The summed E-state index contributed by atoms with van der Waals surface area (Å²) in [6.45, 7) is 3.57. The van der Waals surface area contributed by atoms with Gasteiger partial charge in [-0.3, -0.25) is 9.78 Å². The Labute approximate surface area is 96.4 Å². The van der Waals surface area contributed by atoms with E-state index in [0.29, 0.717) is 0 Å². The van der Waals surface area contributed by atoms with Crippen molar-refractivity contribution in [1.82, 2.24) is 15.2 Å². The number of carbonyl (C=O) groups excluding carboxylic acids is 1. The Balaban J connectivity index is 2.98. The number of H-pyrrole nitrogens is 2. The van der Waals surface area contributed by atoms with Crippen molar-refractivity contribution in [2.75, 3.05) is 12.4 Å². The third-order valence-corrected chi connectivity index (χ3v) is 2.13. The number of nitrogens with one attached hydrogen (secondary N) is 3. The summed E-state index contributed by atoms with van der Waals surface area (Å²) < 4.78 is 4.60. The van der Waals surface area contributed by atoms with Gasteiger partial charge in [-0.2, -0.15) is 0 Å². The molecule has 0 aliphatic heterocycles. The minimum Gasteiger partial charge on any atom is -0.467 e. The van der Waals surface area contributed by atoms with Gasteiger partial charge in [0.15, 0.2) is 0 Å². The molecule has 0 fully saturated rings. The van der Waals surface area contributed by atoms with Crippen LogP contribution in [0.15, 0.2) is 9.59 Å².